The smallest absolute Gasteiger partial charge is 0.273 e. The Morgan fingerprint density at radius 3 is 2.42 bits per heavy atom. The molecule has 3 heterocycles. The predicted molar refractivity (Wildman–Crippen MR) is 157 cm³/mol. The Morgan fingerprint density at radius 1 is 1.05 bits per heavy atom. The van der Waals surface area contributed by atoms with Crippen LogP contribution >= 0.6 is 0 Å². The zero-order valence-electron chi connectivity index (χ0n) is 23.8. The number of aromatic nitrogens is 2. The summed E-state index contributed by atoms with van der Waals surface area (Å²) < 4.78 is 9.43. The van der Waals surface area contributed by atoms with Gasteiger partial charge in [0.2, 0.25) is 5.91 Å². The van der Waals surface area contributed by atoms with Gasteiger partial charge in [0.1, 0.15) is 17.0 Å². The van der Waals surface area contributed by atoms with Crippen molar-refractivity contribution < 1.29 is 14.3 Å². The van der Waals surface area contributed by atoms with Gasteiger partial charge in [-0.2, -0.15) is 0 Å². The molecule has 2 aliphatic rings. The third-order valence-corrected chi connectivity index (χ3v) is 8.90. The molecule has 2 aromatic carbocycles. The minimum absolute atomic E-state index is 0.0870. The lowest BCUT2D eigenvalue weighted by atomic mass is 9.86. The number of carbonyl (C=O) groups is 2. The third-order valence-electron chi connectivity index (χ3n) is 8.90. The second kappa shape index (κ2) is 10.2. The number of aryl methyl sites for hydroxylation is 1. The molecule has 0 spiro atoms. The van der Waals surface area contributed by atoms with E-state index in [1.807, 2.05) is 60.3 Å². The number of carbonyl (C=O) groups excluding carboxylic acids is 2. The van der Waals surface area contributed by atoms with Gasteiger partial charge in [0, 0.05) is 30.4 Å². The van der Waals surface area contributed by atoms with E-state index in [2.05, 4.69) is 41.9 Å². The SMILES string of the molecule is COc1ccc(CN2C(=O)c3c(-n4cccc4)c4cc(C)ccc4n3CC2(C)C(=O)NC2CCC(C)CC2)cc1. The zero-order valence-corrected chi connectivity index (χ0v) is 23.8. The van der Waals surface area contributed by atoms with Gasteiger partial charge in [-0.25, -0.2) is 0 Å². The molecule has 7 nitrogen and oxygen atoms in total. The van der Waals surface area contributed by atoms with Crippen LogP contribution in [0.4, 0.5) is 0 Å². The van der Waals surface area contributed by atoms with Crippen molar-refractivity contribution in [2.24, 2.45) is 5.92 Å². The van der Waals surface area contributed by atoms with Crippen molar-refractivity contribution in [3.8, 4) is 11.4 Å². The standard InChI is InChI=1S/C33H38N4O3/c1-22-7-12-25(13-8-22)34-32(39)33(3)21-36-28-16-9-23(2)19-27(28)29(35-17-5-6-18-35)30(36)31(38)37(33)20-24-10-14-26(40-4)15-11-24/h5-6,9-11,14-19,22,25H,7-8,12-13,20-21H2,1-4H3,(H,34,39). The van der Waals surface area contributed by atoms with Crippen LogP contribution in [-0.4, -0.2) is 44.5 Å². The molecule has 4 aromatic rings. The first-order chi connectivity index (χ1) is 19.3. The number of benzene rings is 2. The number of nitrogens with one attached hydrogen (secondary N) is 1. The molecule has 1 N–H and O–H groups in total. The molecule has 6 rings (SSSR count). The van der Waals surface area contributed by atoms with E-state index in [0.29, 0.717) is 24.7 Å². The number of nitrogens with zero attached hydrogens (tertiary/aromatic N) is 3. The minimum atomic E-state index is -1.07. The quantitative estimate of drug-likeness (QED) is 0.334. The Kier molecular flexibility index (Phi) is 6.69. The highest BCUT2D eigenvalue weighted by atomic mass is 16.5. The first kappa shape index (κ1) is 26.2. The molecule has 208 valence electrons. The van der Waals surface area contributed by atoms with Gasteiger partial charge in [0.05, 0.1) is 24.9 Å². The Morgan fingerprint density at radius 2 is 1.75 bits per heavy atom. The van der Waals surface area contributed by atoms with Crippen LogP contribution in [0, 0.1) is 12.8 Å². The summed E-state index contributed by atoms with van der Waals surface area (Å²) in [5.41, 5.74) is 3.44. The summed E-state index contributed by atoms with van der Waals surface area (Å²) in [5.74, 6) is 1.22. The van der Waals surface area contributed by atoms with Crippen molar-refractivity contribution >= 4 is 22.7 Å². The number of fused-ring (bicyclic) bond motifs is 3. The third kappa shape index (κ3) is 4.47. The molecule has 1 saturated carbocycles. The van der Waals surface area contributed by atoms with E-state index >= 15 is 0 Å². The molecule has 1 fully saturated rings. The Balaban J connectivity index is 1.47. The van der Waals surface area contributed by atoms with E-state index in [9.17, 15) is 9.59 Å². The van der Waals surface area contributed by atoms with Crippen molar-refractivity contribution in [1.82, 2.24) is 19.4 Å². The normalized spacial score (nSPS) is 22.8. The van der Waals surface area contributed by atoms with E-state index in [4.69, 9.17) is 4.74 Å². The van der Waals surface area contributed by atoms with Crippen LogP contribution < -0.4 is 10.1 Å². The molecular formula is C33H38N4O3. The van der Waals surface area contributed by atoms with Gasteiger partial charge < -0.3 is 24.1 Å². The predicted octanol–water partition coefficient (Wildman–Crippen LogP) is 5.86. The van der Waals surface area contributed by atoms with E-state index in [-0.39, 0.29) is 17.9 Å². The second-order valence-corrected chi connectivity index (χ2v) is 11.8. The van der Waals surface area contributed by atoms with Crippen LogP contribution in [0.25, 0.3) is 16.6 Å². The molecule has 2 aromatic heterocycles. The number of methoxy groups -OCH3 is 1. The average Bonchev–Trinajstić information content (AvgIpc) is 3.58. The molecule has 7 heteroatoms. The maximum atomic E-state index is 14.7. The monoisotopic (exact) mass is 538 g/mol. The van der Waals surface area contributed by atoms with Crippen molar-refractivity contribution in [1.29, 1.82) is 0 Å². The van der Waals surface area contributed by atoms with Crippen molar-refractivity contribution in [3.05, 3.63) is 83.8 Å². The number of amides is 2. The molecule has 1 aliphatic heterocycles. The van der Waals surface area contributed by atoms with Gasteiger partial charge in [0.15, 0.2) is 0 Å². The van der Waals surface area contributed by atoms with Crippen LogP contribution in [0.1, 0.15) is 61.1 Å². The van der Waals surface area contributed by atoms with Crippen LogP contribution in [0.3, 0.4) is 0 Å². The summed E-state index contributed by atoms with van der Waals surface area (Å²) in [5, 5.41) is 4.36. The van der Waals surface area contributed by atoms with E-state index in [1.165, 1.54) is 0 Å². The fourth-order valence-electron chi connectivity index (χ4n) is 6.42. The molecule has 0 saturated heterocycles. The first-order valence-corrected chi connectivity index (χ1v) is 14.3. The highest BCUT2D eigenvalue weighted by molar-refractivity contribution is 6.09. The molecule has 0 bridgehead atoms. The highest BCUT2D eigenvalue weighted by Gasteiger charge is 2.49. The zero-order chi connectivity index (χ0) is 28.0. The van der Waals surface area contributed by atoms with Gasteiger partial charge in [-0.15, -0.1) is 0 Å². The molecule has 1 atom stereocenters. The summed E-state index contributed by atoms with van der Waals surface area (Å²) >= 11 is 0. The van der Waals surface area contributed by atoms with Crippen LogP contribution in [0.5, 0.6) is 5.75 Å². The van der Waals surface area contributed by atoms with Crippen molar-refractivity contribution in [3.63, 3.8) is 0 Å². The lowest BCUT2D eigenvalue weighted by Crippen LogP contribution is -2.64. The van der Waals surface area contributed by atoms with Gasteiger partial charge in [-0.1, -0.05) is 30.7 Å². The van der Waals surface area contributed by atoms with Crippen LogP contribution in [-0.2, 0) is 17.9 Å². The molecule has 2 amide bonds. The van der Waals surface area contributed by atoms with E-state index in [1.54, 1.807) is 12.0 Å². The summed E-state index contributed by atoms with van der Waals surface area (Å²) in [4.78, 5) is 30.6. The van der Waals surface area contributed by atoms with Crippen LogP contribution in [0.15, 0.2) is 67.0 Å². The number of hydrogen-bond acceptors (Lipinski definition) is 3. The molecule has 1 aliphatic carbocycles. The van der Waals surface area contributed by atoms with Gasteiger partial charge in [-0.3, -0.25) is 9.59 Å². The van der Waals surface area contributed by atoms with Crippen molar-refractivity contribution in [2.75, 3.05) is 7.11 Å². The van der Waals surface area contributed by atoms with Gasteiger partial charge in [-0.05, 0) is 87.4 Å². The molecular weight excluding hydrogens is 500 g/mol. The highest BCUT2D eigenvalue weighted by Crippen LogP contribution is 2.39. The first-order valence-electron chi connectivity index (χ1n) is 14.3. The average molecular weight is 539 g/mol. The van der Waals surface area contributed by atoms with E-state index < -0.39 is 5.54 Å². The maximum absolute atomic E-state index is 14.7. The number of hydrogen-bond donors (Lipinski definition) is 1. The largest absolute Gasteiger partial charge is 0.497 e. The summed E-state index contributed by atoms with van der Waals surface area (Å²) in [6, 6.07) is 18.1. The summed E-state index contributed by atoms with van der Waals surface area (Å²) in [6.45, 7) is 6.96. The van der Waals surface area contributed by atoms with Gasteiger partial charge in [0.25, 0.3) is 5.91 Å². The Labute approximate surface area is 235 Å². The molecule has 0 radical (unpaired) electrons. The maximum Gasteiger partial charge on any atom is 0.273 e. The van der Waals surface area contributed by atoms with Gasteiger partial charge >= 0.3 is 0 Å². The second-order valence-electron chi connectivity index (χ2n) is 11.8. The number of rotatable bonds is 6. The van der Waals surface area contributed by atoms with Crippen LogP contribution in [0.2, 0.25) is 0 Å². The summed E-state index contributed by atoms with van der Waals surface area (Å²) in [6.07, 6.45) is 8.13. The lowest BCUT2D eigenvalue weighted by Gasteiger charge is -2.45. The fourth-order valence-corrected chi connectivity index (χ4v) is 6.42. The lowest BCUT2D eigenvalue weighted by molar-refractivity contribution is -0.134. The fraction of sp³-hybridized carbons (Fsp3) is 0.394. The van der Waals surface area contributed by atoms with Crippen molar-refractivity contribution in [2.45, 2.75) is 71.1 Å². The Hall–Kier alpha value is -4.00. The molecule has 1 unspecified atom stereocenters. The minimum Gasteiger partial charge on any atom is -0.497 e. The number of ether oxygens (including phenoxy) is 1. The molecule has 40 heavy (non-hydrogen) atoms. The summed E-state index contributed by atoms with van der Waals surface area (Å²) in [7, 11) is 1.64. The Bertz CT molecular complexity index is 1540. The topological polar surface area (TPSA) is 68.5 Å². The van der Waals surface area contributed by atoms with E-state index in [0.717, 1.165) is 59.2 Å².